The molecule has 1 saturated heterocycles. The first-order valence-electron chi connectivity index (χ1n) is 9.70. The van der Waals surface area contributed by atoms with Crippen LogP contribution in [0.25, 0.3) is 0 Å². The van der Waals surface area contributed by atoms with E-state index in [-0.39, 0.29) is 23.3 Å². The van der Waals surface area contributed by atoms with Crippen LogP contribution in [-0.4, -0.2) is 53.9 Å². The van der Waals surface area contributed by atoms with Gasteiger partial charge in [0.2, 0.25) is 5.91 Å². The number of likely N-dealkylation sites (tertiary alicyclic amines) is 1. The first-order valence-corrected chi connectivity index (χ1v) is 12.3. The average molecular weight is 407 g/mol. The van der Waals surface area contributed by atoms with Crippen molar-refractivity contribution in [1.82, 2.24) is 9.88 Å². The molecule has 8 heteroatoms. The van der Waals surface area contributed by atoms with E-state index >= 15 is 0 Å². The van der Waals surface area contributed by atoms with Crippen molar-refractivity contribution >= 4 is 30.3 Å². The minimum absolute atomic E-state index is 0.00148. The van der Waals surface area contributed by atoms with Crippen LogP contribution in [0.5, 0.6) is 0 Å². The van der Waals surface area contributed by atoms with E-state index in [1.807, 2.05) is 20.8 Å². The van der Waals surface area contributed by atoms with Crippen molar-refractivity contribution in [3.63, 3.8) is 0 Å². The van der Waals surface area contributed by atoms with E-state index < -0.39 is 12.7 Å². The van der Waals surface area contributed by atoms with E-state index in [0.29, 0.717) is 24.2 Å². The second-order valence-corrected chi connectivity index (χ2v) is 12.5. The summed E-state index contributed by atoms with van der Waals surface area (Å²) in [6.45, 7) is 10.2. The minimum Gasteiger partial charge on any atom is -0.444 e. The molecule has 2 amide bonds. The zero-order chi connectivity index (χ0) is 20.7. The SMILES string of the molecule is CC(C)(C)OC(=O)N1CCC2(CC1)CC2C(=O)Nc1ccc(P(C)(C)=O)nc1. The molecule has 1 N–H and O–H groups in total. The number of nitrogens with zero attached hydrogens (tertiary/aromatic N) is 2. The van der Waals surface area contributed by atoms with Crippen LogP contribution in [0.15, 0.2) is 18.3 Å². The van der Waals surface area contributed by atoms with Gasteiger partial charge in [-0.15, -0.1) is 0 Å². The van der Waals surface area contributed by atoms with Crippen LogP contribution in [0.1, 0.15) is 40.0 Å². The van der Waals surface area contributed by atoms with Crippen molar-refractivity contribution < 1.29 is 18.9 Å². The maximum absolute atomic E-state index is 12.6. The Hall–Kier alpha value is -1.88. The summed E-state index contributed by atoms with van der Waals surface area (Å²) >= 11 is 0. The Labute approximate surface area is 166 Å². The number of hydrogen-bond acceptors (Lipinski definition) is 5. The number of rotatable bonds is 3. The van der Waals surface area contributed by atoms with Gasteiger partial charge < -0.3 is 19.5 Å². The molecule has 1 aromatic heterocycles. The van der Waals surface area contributed by atoms with Crippen LogP contribution in [0.3, 0.4) is 0 Å². The summed E-state index contributed by atoms with van der Waals surface area (Å²) in [6.07, 6.45) is 3.77. The number of piperidine rings is 1. The molecule has 3 rings (SSSR count). The van der Waals surface area contributed by atoms with Gasteiger partial charge in [0.1, 0.15) is 12.7 Å². The predicted molar refractivity (Wildman–Crippen MR) is 110 cm³/mol. The van der Waals surface area contributed by atoms with Crippen molar-refractivity contribution in [3.05, 3.63) is 18.3 Å². The fourth-order valence-electron chi connectivity index (χ4n) is 3.74. The van der Waals surface area contributed by atoms with Crippen LogP contribution < -0.4 is 10.8 Å². The van der Waals surface area contributed by atoms with E-state index in [2.05, 4.69) is 10.3 Å². The molecule has 1 spiro atoms. The fourth-order valence-corrected chi connectivity index (χ4v) is 4.51. The number of amides is 2. The highest BCUT2D eigenvalue weighted by atomic mass is 31.2. The van der Waals surface area contributed by atoms with Gasteiger partial charge in [-0.05, 0) is 70.9 Å². The van der Waals surface area contributed by atoms with Crippen LogP contribution in [0, 0.1) is 11.3 Å². The van der Waals surface area contributed by atoms with E-state index in [0.717, 1.165) is 19.3 Å². The molecule has 2 aliphatic rings. The molecule has 0 radical (unpaired) electrons. The summed E-state index contributed by atoms with van der Waals surface area (Å²) in [5.74, 6) is -0.0344. The van der Waals surface area contributed by atoms with Crippen molar-refractivity contribution in [2.45, 2.75) is 45.6 Å². The second-order valence-electron chi connectivity index (χ2n) is 9.33. The van der Waals surface area contributed by atoms with Gasteiger partial charge >= 0.3 is 6.09 Å². The Morgan fingerprint density at radius 2 is 1.89 bits per heavy atom. The number of anilines is 1. The van der Waals surface area contributed by atoms with Gasteiger partial charge in [0.15, 0.2) is 0 Å². The summed E-state index contributed by atoms with van der Waals surface area (Å²) in [5.41, 5.74) is 0.679. The highest BCUT2D eigenvalue weighted by molar-refractivity contribution is 7.69. The van der Waals surface area contributed by atoms with Gasteiger partial charge in [0.05, 0.1) is 17.3 Å². The van der Waals surface area contributed by atoms with Crippen molar-refractivity contribution in [3.8, 4) is 0 Å². The van der Waals surface area contributed by atoms with Gasteiger partial charge in [-0.2, -0.15) is 0 Å². The lowest BCUT2D eigenvalue weighted by Gasteiger charge is -2.34. The normalized spacial score (nSPS) is 21.3. The van der Waals surface area contributed by atoms with Crippen molar-refractivity contribution in [2.24, 2.45) is 11.3 Å². The second kappa shape index (κ2) is 7.18. The number of carbonyl (C=O) groups excluding carboxylic acids is 2. The summed E-state index contributed by atoms with van der Waals surface area (Å²) in [7, 11) is -2.40. The first-order chi connectivity index (χ1) is 12.9. The molecule has 1 aliphatic carbocycles. The van der Waals surface area contributed by atoms with Gasteiger partial charge in [-0.1, -0.05) is 0 Å². The third-order valence-corrected chi connectivity index (χ3v) is 6.85. The molecule has 1 atom stereocenters. The summed E-state index contributed by atoms with van der Waals surface area (Å²) in [4.78, 5) is 30.8. The predicted octanol–water partition coefficient (Wildman–Crippen LogP) is 3.31. The smallest absolute Gasteiger partial charge is 0.410 e. The van der Waals surface area contributed by atoms with Gasteiger partial charge in [0, 0.05) is 19.0 Å². The fraction of sp³-hybridized carbons (Fsp3) is 0.650. The molecule has 2 fully saturated rings. The monoisotopic (exact) mass is 407 g/mol. The number of carbonyl (C=O) groups is 2. The number of nitrogens with one attached hydrogen (secondary N) is 1. The summed E-state index contributed by atoms with van der Waals surface area (Å²) in [5, 5.41) is 2.92. The lowest BCUT2D eigenvalue weighted by atomic mass is 9.91. The number of hydrogen-bond donors (Lipinski definition) is 1. The summed E-state index contributed by atoms with van der Waals surface area (Å²) in [6, 6.07) is 3.46. The van der Waals surface area contributed by atoms with Crippen molar-refractivity contribution in [1.29, 1.82) is 0 Å². The molecular weight excluding hydrogens is 377 g/mol. The standard InChI is InChI=1S/C20H30N3O4P/c1-19(2,3)27-18(25)23-10-8-20(9-11-23)12-15(20)17(24)22-14-6-7-16(21-13-14)28(4,5)26/h6-7,13,15H,8-12H2,1-5H3,(H,22,24). The quantitative estimate of drug-likeness (QED) is 0.777. The molecule has 0 bridgehead atoms. The molecular formula is C20H30N3O4P. The van der Waals surface area contributed by atoms with Gasteiger partial charge in [-0.3, -0.25) is 9.78 Å². The maximum Gasteiger partial charge on any atom is 0.410 e. The maximum atomic E-state index is 12.6. The molecule has 28 heavy (non-hydrogen) atoms. The van der Waals surface area contributed by atoms with Crippen LogP contribution in [-0.2, 0) is 14.1 Å². The molecule has 2 heterocycles. The van der Waals surface area contributed by atoms with Gasteiger partial charge in [0.25, 0.3) is 0 Å². The molecule has 0 aromatic carbocycles. The number of pyridine rings is 1. The number of aromatic nitrogens is 1. The minimum atomic E-state index is -2.40. The van der Waals surface area contributed by atoms with E-state index in [4.69, 9.17) is 4.74 Å². The van der Waals surface area contributed by atoms with Gasteiger partial charge in [-0.25, -0.2) is 4.79 Å². The van der Waals surface area contributed by atoms with E-state index in [1.54, 1.807) is 36.6 Å². The third kappa shape index (κ3) is 4.75. The topological polar surface area (TPSA) is 88.6 Å². The first kappa shape index (κ1) is 20.8. The molecule has 1 aliphatic heterocycles. The van der Waals surface area contributed by atoms with Crippen LogP contribution in [0.2, 0.25) is 0 Å². The van der Waals surface area contributed by atoms with Crippen molar-refractivity contribution in [2.75, 3.05) is 31.7 Å². The zero-order valence-electron chi connectivity index (χ0n) is 17.3. The Balaban J connectivity index is 1.52. The Morgan fingerprint density at radius 1 is 1.25 bits per heavy atom. The Morgan fingerprint density at radius 3 is 2.39 bits per heavy atom. The average Bonchev–Trinajstić information content (AvgIpc) is 3.27. The van der Waals surface area contributed by atoms with E-state index in [9.17, 15) is 14.2 Å². The Kier molecular flexibility index (Phi) is 5.34. The molecule has 1 aromatic rings. The molecule has 7 nitrogen and oxygen atoms in total. The molecule has 154 valence electrons. The largest absolute Gasteiger partial charge is 0.444 e. The number of ether oxygens (including phenoxy) is 1. The molecule has 1 saturated carbocycles. The Bertz CT molecular complexity index is 802. The third-order valence-electron chi connectivity index (χ3n) is 5.48. The highest BCUT2D eigenvalue weighted by Gasteiger charge is 2.58. The molecule has 1 unspecified atom stereocenters. The summed E-state index contributed by atoms with van der Waals surface area (Å²) < 4.78 is 17.5. The lowest BCUT2D eigenvalue weighted by Crippen LogP contribution is -2.42. The van der Waals surface area contributed by atoms with Crippen LogP contribution >= 0.6 is 7.14 Å². The lowest BCUT2D eigenvalue weighted by molar-refractivity contribution is -0.118. The zero-order valence-corrected chi connectivity index (χ0v) is 18.2. The van der Waals surface area contributed by atoms with Crippen LogP contribution in [0.4, 0.5) is 10.5 Å². The highest BCUT2D eigenvalue weighted by Crippen LogP contribution is 2.59. The van der Waals surface area contributed by atoms with E-state index in [1.165, 1.54) is 0 Å².